The Bertz CT molecular complexity index is 273. The standard InChI is InChI=1S/C7H7N2O2/c8-5-6-3-1-2-4-7(6)9(10)11/h1-4,8H,5H2. The molecule has 0 saturated heterocycles. The second-order valence-electron chi connectivity index (χ2n) is 2.06. The fourth-order valence-corrected chi connectivity index (χ4v) is 0.838. The summed E-state index contributed by atoms with van der Waals surface area (Å²) in [6.07, 6.45) is 0. The lowest BCUT2D eigenvalue weighted by molar-refractivity contribution is -0.385. The molecule has 0 saturated carbocycles. The van der Waals surface area contributed by atoms with Crippen LogP contribution in [0.25, 0.3) is 0 Å². The van der Waals surface area contributed by atoms with E-state index in [1.807, 2.05) is 0 Å². The maximum atomic E-state index is 10.3. The molecular weight excluding hydrogens is 144 g/mol. The Kier molecular flexibility index (Phi) is 2.18. The maximum absolute atomic E-state index is 10.3. The van der Waals surface area contributed by atoms with Gasteiger partial charge in [0.05, 0.1) is 4.92 Å². The fraction of sp³-hybridized carbons (Fsp3) is 0.143. The number of hydrogen-bond acceptors (Lipinski definition) is 2. The summed E-state index contributed by atoms with van der Waals surface area (Å²) in [5.74, 6) is 0. The summed E-state index contributed by atoms with van der Waals surface area (Å²) in [5.41, 5.74) is 7.46. The summed E-state index contributed by atoms with van der Waals surface area (Å²) in [5, 5.41) is 10.3. The van der Waals surface area contributed by atoms with E-state index < -0.39 is 4.92 Å². The molecule has 11 heavy (non-hydrogen) atoms. The van der Waals surface area contributed by atoms with E-state index in [1.54, 1.807) is 18.2 Å². The largest absolute Gasteiger partial charge is 0.273 e. The molecule has 1 radical (unpaired) electrons. The number of nitrogens with one attached hydrogen (secondary N) is 1. The van der Waals surface area contributed by atoms with Crippen molar-refractivity contribution in [1.82, 2.24) is 5.73 Å². The van der Waals surface area contributed by atoms with Gasteiger partial charge in [0.25, 0.3) is 5.69 Å². The molecule has 1 rings (SSSR count). The van der Waals surface area contributed by atoms with Crippen LogP contribution in [0.2, 0.25) is 0 Å². The highest BCUT2D eigenvalue weighted by molar-refractivity contribution is 5.39. The first-order chi connectivity index (χ1) is 5.25. The van der Waals surface area contributed by atoms with E-state index in [2.05, 4.69) is 0 Å². The molecule has 57 valence electrons. The van der Waals surface area contributed by atoms with Crippen LogP contribution in [0.15, 0.2) is 24.3 Å². The topological polar surface area (TPSA) is 66.9 Å². The molecule has 0 fully saturated rings. The summed E-state index contributed by atoms with van der Waals surface area (Å²) in [4.78, 5) is 9.83. The minimum Gasteiger partial charge on any atom is -0.258 e. The van der Waals surface area contributed by atoms with Gasteiger partial charge in [-0.2, -0.15) is 0 Å². The van der Waals surface area contributed by atoms with Crippen molar-refractivity contribution in [2.75, 3.05) is 0 Å². The molecular formula is C7H7N2O2. The molecule has 1 aromatic carbocycles. The van der Waals surface area contributed by atoms with E-state index in [-0.39, 0.29) is 12.2 Å². The minimum absolute atomic E-state index is 0.0301. The summed E-state index contributed by atoms with van der Waals surface area (Å²) >= 11 is 0. The zero-order valence-corrected chi connectivity index (χ0v) is 5.78. The van der Waals surface area contributed by atoms with Crippen LogP contribution >= 0.6 is 0 Å². The van der Waals surface area contributed by atoms with Crippen LogP contribution in [0.3, 0.4) is 0 Å². The average Bonchev–Trinajstić information content (AvgIpc) is 2.04. The van der Waals surface area contributed by atoms with Crippen molar-refractivity contribution in [2.24, 2.45) is 0 Å². The van der Waals surface area contributed by atoms with Crippen LogP contribution in [0, 0.1) is 10.1 Å². The average molecular weight is 151 g/mol. The fourth-order valence-electron chi connectivity index (χ4n) is 0.838. The highest BCUT2D eigenvalue weighted by Gasteiger charge is 2.09. The number of benzene rings is 1. The molecule has 0 atom stereocenters. The van der Waals surface area contributed by atoms with E-state index >= 15 is 0 Å². The van der Waals surface area contributed by atoms with Crippen LogP contribution in [0.4, 0.5) is 5.69 Å². The Labute approximate surface area is 63.8 Å². The molecule has 1 aromatic rings. The Morgan fingerprint density at radius 2 is 2.09 bits per heavy atom. The number of para-hydroxylation sites is 1. The van der Waals surface area contributed by atoms with Gasteiger partial charge in [0.1, 0.15) is 0 Å². The molecule has 0 aliphatic rings. The smallest absolute Gasteiger partial charge is 0.258 e. The van der Waals surface area contributed by atoms with Crippen molar-refractivity contribution in [2.45, 2.75) is 6.54 Å². The van der Waals surface area contributed by atoms with E-state index in [0.29, 0.717) is 5.56 Å². The lowest BCUT2D eigenvalue weighted by Crippen LogP contribution is -1.94. The number of rotatable bonds is 2. The lowest BCUT2D eigenvalue weighted by atomic mass is 10.2. The minimum atomic E-state index is -0.468. The van der Waals surface area contributed by atoms with Crippen LogP contribution in [0.1, 0.15) is 5.56 Å². The van der Waals surface area contributed by atoms with Crippen LogP contribution < -0.4 is 5.73 Å². The van der Waals surface area contributed by atoms with E-state index in [1.165, 1.54) is 6.07 Å². The summed E-state index contributed by atoms with van der Waals surface area (Å²) < 4.78 is 0. The van der Waals surface area contributed by atoms with E-state index in [4.69, 9.17) is 5.73 Å². The Balaban J connectivity index is 3.12. The second-order valence-corrected chi connectivity index (χ2v) is 2.06. The highest BCUT2D eigenvalue weighted by atomic mass is 16.6. The molecule has 0 unspecified atom stereocenters. The van der Waals surface area contributed by atoms with E-state index in [9.17, 15) is 10.1 Å². The van der Waals surface area contributed by atoms with Crippen molar-refractivity contribution >= 4 is 5.69 Å². The summed E-state index contributed by atoms with van der Waals surface area (Å²) in [6.45, 7) is -0.0445. The first-order valence-electron chi connectivity index (χ1n) is 3.12. The van der Waals surface area contributed by atoms with Crippen molar-refractivity contribution in [1.29, 1.82) is 0 Å². The Morgan fingerprint density at radius 3 is 2.55 bits per heavy atom. The van der Waals surface area contributed by atoms with Gasteiger partial charge in [0.15, 0.2) is 0 Å². The zero-order valence-electron chi connectivity index (χ0n) is 5.78. The quantitative estimate of drug-likeness (QED) is 0.473. The number of nitro benzene ring substituents is 1. The molecule has 4 heteroatoms. The lowest BCUT2D eigenvalue weighted by Gasteiger charge is -1.96. The van der Waals surface area contributed by atoms with Crippen LogP contribution in [0.5, 0.6) is 0 Å². The molecule has 0 aliphatic heterocycles. The predicted octanol–water partition coefficient (Wildman–Crippen LogP) is 1.38. The molecule has 0 bridgehead atoms. The Hall–Kier alpha value is -1.42. The number of nitro groups is 1. The monoisotopic (exact) mass is 151 g/mol. The van der Waals surface area contributed by atoms with Gasteiger partial charge in [-0.05, 0) is 0 Å². The van der Waals surface area contributed by atoms with Gasteiger partial charge in [-0.15, -0.1) is 0 Å². The SMILES string of the molecule is [NH]Cc1ccccc1[N+](=O)[O-]. The van der Waals surface area contributed by atoms with Gasteiger partial charge in [-0.3, -0.25) is 15.8 Å². The van der Waals surface area contributed by atoms with Gasteiger partial charge in [0.2, 0.25) is 0 Å². The molecule has 0 spiro atoms. The number of hydrogen-bond donors (Lipinski definition) is 0. The molecule has 0 aromatic heterocycles. The predicted molar refractivity (Wildman–Crippen MR) is 39.9 cm³/mol. The summed E-state index contributed by atoms with van der Waals surface area (Å²) in [7, 11) is 0. The first kappa shape index (κ1) is 7.68. The van der Waals surface area contributed by atoms with Crippen molar-refractivity contribution in [3.05, 3.63) is 39.9 Å². The zero-order chi connectivity index (χ0) is 8.27. The third-order valence-electron chi connectivity index (χ3n) is 1.38. The van der Waals surface area contributed by atoms with Crippen LogP contribution in [-0.2, 0) is 6.54 Å². The van der Waals surface area contributed by atoms with E-state index in [0.717, 1.165) is 0 Å². The van der Waals surface area contributed by atoms with Gasteiger partial charge in [-0.25, -0.2) is 0 Å². The van der Waals surface area contributed by atoms with Crippen molar-refractivity contribution < 1.29 is 4.92 Å². The number of nitrogens with zero attached hydrogens (tertiary/aromatic N) is 1. The third kappa shape index (κ3) is 1.53. The third-order valence-corrected chi connectivity index (χ3v) is 1.38. The highest BCUT2D eigenvalue weighted by Crippen LogP contribution is 2.16. The van der Waals surface area contributed by atoms with Gasteiger partial charge in [-0.1, -0.05) is 18.2 Å². The molecule has 0 amide bonds. The van der Waals surface area contributed by atoms with Gasteiger partial charge < -0.3 is 0 Å². The molecule has 0 heterocycles. The molecule has 1 N–H and O–H groups in total. The van der Waals surface area contributed by atoms with Gasteiger partial charge in [0, 0.05) is 18.2 Å². The maximum Gasteiger partial charge on any atom is 0.273 e. The van der Waals surface area contributed by atoms with Crippen molar-refractivity contribution in [3.8, 4) is 0 Å². The van der Waals surface area contributed by atoms with Crippen molar-refractivity contribution in [3.63, 3.8) is 0 Å². The normalized spacial score (nSPS) is 9.55. The molecule has 4 nitrogen and oxygen atoms in total. The molecule has 0 aliphatic carbocycles. The van der Waals surface area contributed by atoms with Gasteiger partial charge >= 0.3 is 0 Å². The summed E-state index contributed by atoms with van der Waals surface area (Å²) in [6, 6.07) is 6.28. The Morgan fingerprint density at radius 1 is 1.45 bits per heavy atom. The van der Waals surface area contributed by atoms with Crippen LogP contribution in [-0.4, -0.2) is 4.92 Å². The first-order valence-corrected chi connectivity index (χ1v) is 3.12. The second kappa shape index (κ2) is 3.12.